The third-order valence-corrected chi connectivity index (χ3v) is 2.40. The normalized spacial score (nSPS) is 12.9. The van der Waals surface area contributed by atoms with Crippen LogP contribution in [-0.4, -0.2) is 18.2 Å². The lowest BCUT2D eigenvalue weighted by Crippen LogP contribution is -2.41. The second kappa shape index (κ2) is 6.07. The zero-order valence-corrected chi connectivity index (χ0v) is 11.6. The molecule has 0 spiro atoms. The molecule has 5 heteroatoms. The Labute approximate surface area is 112 Å². The summed E-state index contributed by atoms with van der Waals surface area (Å²) in [6.45, 7) is 5.85. The van der Waals surface area contributed by atoms with E-state index in [2.05, 4.69) is 5.32 Å². The topological polar surface area (TPSA) is 64.3 Å². The van der Waals surface area contributed by atoms with Gasteiger partial charge in [0.25, 0.3) is 0 Å². The molecule has 0 aliphatic rings. The van der Waals surface area contributed by atoms with Crippen LogP contribution in [0.5, 0.6) is 0 Å². The van der Waals surface area contributed by atoms with Crippen molar-refractivity contribution in [3.63, 3.8) is 0 Å². The number of carbonyl (C=O) groups excluding carboxylic acids is 1. The number of hydrogen-bond acceptors (Lipinski definition) is 3. The van der Waals surface area contributed by atoms with E-state index in [0.29, 0.717) is 5.02 Å². The number of carbonyl (C=O) groups is 1. The Morgan fingerprint density at radius 1 is 1.50 bits per heavy atom. The van der Waals surface area contributed by atoms with E-state index in [1.54, 1.807) is 18.2 Å². The molecular weight excluding hydrogens is 252 g/mol. The van der Waals surface area contributed by atoms with Crippen LogP contribution < -0.4 is 11.1 Å². The van der Waals surface area contributed by atoms with Crippen molar-refractivity contribution in [2.24, 2.45) is 5.73 Å². The Hall–Kier alpha value is -1.26. The molecule has 4 nitrogen and oxygen atoms in total. The first-order valence-electron chi connectivity index (χ1n) is 5.76. The van der Waals surface area contributed by atoms with Crippen molar-refractivity contribution >= 4 is 17.7 Å². The molecule has 0 aliphatic carbocycles. The second-order valence-electron chi connectivity index (χ2n) is 5.06. The van der Waals surface area contributed by atoms with Gasteiger partial charge in [0.05, 0.1) is 0 Å². The predicted octanol–water partition coefficient (Wildman–Crippen LogP) is 2.86. The van der Waals surface area contributed by atoms with Crippen molar-refractivity contribution in [1.82, 2.24) is 5.32 Å². The summed E-state index contributed by atoms with van der Waals surface area (Å²) in [5.74, 6) is 0. The molecule has 0 unspecified atom stereocenters. The number of rotatable bonds is 3. The average Bonchev–Trinajstić information content (AvgIpc) is 2.23. The van der Waals surface area contributed by atoms with Gasteiger partial charge in [-0.05, 0) is 38.5 Å². The van der Waals surface area contributed by atoms with E-state index in [0.717, 1.165) is 5.56 Å². The summed E-state index contributed by atoms with van der Waals surface area (Å²) in [6.07, 6.45) is -0.982. The SMILES string of the molecule is CC(C)(C)NC(=O)O[C@@H](CN)c1cccc(Cl)c1. The molecule has 0 bridgehead atoms. The Morgan fingerprint density at radius 3 is 2.67 bits per heavy atom. The monoisotopic (exact) mass is 270 g/mol. The third kappa shape index (κ3) is 4.94. The number of alkyl carbamates (subject to hydrolysis) is 1. The smallest absolute Gasteiger partial charge is 0.408 e. The van der Waals surface area contributed by atoms with Crippen LogP contribution in [0.4, 0.5) is 4.79 Å². The van der Waals surface area contributed by atoms with E-state index in [1.165, 1.54) is 0 Å². The fraction of sp³-hybridized carbons (Fsp3) is 0.462. The van der Waals surface area contributed by atoms with E-state index < -0.39 is 12.2 Å². The lowest BCUT2D eigenvalue weighted by molar-refractivity contribution is 0.0949. The Kier molecular flexibility index (Phi) is 4.99. The molecule has 1 aromatic rings. The number of benzene rings is 1. The predicted molar refractivity (Wildman–Crippen MR) is 72.6 cm³/mol. The van der Waals surface area contributed by atoms with Crippen molar-refractivity contribution in [2.45, 2.75) is 32.4 Å². The number of amides is 1. The molecule has 0 aromatic heterocycles. The fourth-order valence-corrected chi connectivity index (χ4v) is 1.62. The van der Waals surface area contributed by atoms with Crippen LogP contribution in [-0.2, 0) is 4.74 Å². The molecule has 0 aliphatic heterocycles. The molecule has 3 N–H and O–H groups in total. The molecule has 0 radical (unpaired) electrons. The van der Waals surface area contributed by atoms with Crippen molar-refractivity contribution in [2.75, 3.05) is 6.54 Å². The van der Waals surface area contributed by atoms with Gasteiger partial charge in [0.1, 0.15) is 6.10 Å². The molecule has 1 rings (SSSR count). The molecule has 100 valence electrons. The molecule has 1 atom stereocenters. The fourth-order valence-electron chi connectivity index (χ4n) is 1.42. The summed E-state index contributed by atoms with van der Waals surface area (Å²) in [5, 5.41) is 3.31. The molecule has 1 aromatic carbocycles. The summed E-state index contributed by atoms with van der Waals surface area (Å²) >= 11 is 5.89. The highest BCUT2D eigenvalue weighted by Gasteiger charge is 2.19. The van der Waals surface area contributed by atoms with Gasteiger partial charge in [-0.25, -0.2) is 4.79 Å². The zero-order chi connectivity index (χ0) is 13.8. The van der Waals surface area contributed by atoms with E-state index in [1.807, 2.05) is 26.8 Å². The summed E-state index contributed by atoms with van der Waals surface area (Å²) in [6, 6.07) is 7.12. The maximum Gasteiger partial charge on any atom is 0.408 e. The van der Waals surface area contributed by atoms with Crippen LogP contribution in [0.15, 0.2) is 24.3 Å². The summed E-state index contributed by atoms with van der Waals surface area (Å²) in [5.41, 5.74) is 6.06. The second-order valence-corrected chi connectivity index (χ2v) is 5.50. The Balaban J connectivity index is 2.71. The minimum absolute atomic E-state index is 0.206. The van der Waals surface area contributed by atoms with Crippen LogP contribution in [0, 0.1) is 0 Å². The molecule has 0 saturated carbocycles. The number of halogens is 1. The van der Waals surface area contributed by atoms with Gasteiger partial charge in [0.2, 0.25) is 0 Å². The van der Waals surface area contributed by atoms with Gasteiger partial charge in [-0.15, -0.1) is 0 Å². The molecule has 18 heavy (non-hydrogen) atoms. The average molecular weight is 271 g/mol. The molecule has 0 fully saturated rings. The van der Waals surface area contributed by atoms with Gasteiger partial charge < -0.3 is 15.8 Å². The molecule has 0 heterocycles. The van der Waals surface area contributed by atoms with Crippen LogP contribution in [0.25, 0.3) is 0 Å². The van der Waals surface area contributed by atoms with Gasteiger partial charge in [0.15, 0.2) is 0 Å². The first kappa shape index (κ1) is 14.8. The lowest BCUT2D eigenvalue weighted by Gasteiger charge is -2.23. The highest BCUT2D eigenvalue weighted by Crippen LogP contribution is 2.20. The van der Waals surface area contributed by atoms with Crippen LogP contribution in [0.3, 0.4) is 0 Å². The highest BCUT2D eigenvalue weighted by atomic mass is 35.5. The maximum atomic E-state index is 11.7. The van der Waals surface area contributed by atoms with Gasteiger partial charge in [-0.3, -0.25) is 0 Å². The van der Waals surface area contributed by atoms with Crippen molar-refractivity contribution in [1.29, 1.82) is 0 Å². The first-order valence-corrected chi connectivity index (χ1v) is 6.14. The quantitative estimate of drug-likeness (QED) is 0.888. The van der Waals surface area contributed by atoms with Gasteiger partial charge in [-0.1, -0.05) is 23.7 Å². The van der Waals surface area contributed by atoms with E-state index in [-0.39, 0.29) is 12.1 Å². The van der Waals surface area contributed by atoms with E-state index in [4.69, 9.17) is 22.1 Å². The Bertz CT molecular complexity index is 416. The van der Waals surface area contributed by atoms with Crippen molar-refractivity contribution in [3.8, 4) is 0 Å². The largest absolute Gasteiger partial charge is 0.440 e. The van der Waals surface area contributed by atoms with Gasteiger partial charge >= 0.3 is 6.09 Å². The van der Waals surface area contributed by atoms with E-state index >= 15 is 0 Å². The standard InChI is InChI=1S/C13H19ClN2O2/c1-13(2,3)16-12(17)18-11(8-15)9-5-4-6-10(14)7-9/h4-7,11H,8,15H2,1-3H3,(H,16,17)/t11-/m0/s1. The summed E-state index contributed by atoms with van der Waals surface area (Å²) in [4.78, 5) is 11.7. The molecule has 1 amide bonds. The lowest BCUT2D eigenvalue weighted by atomic mass is 10.1. The van der Waals surface area contributed by atoms with Crippen molar-refractivity contribution < 1.29 is 9.53 Å². The molecular formula is C13H19ClN2O2. The number of hydrogen-bond donors (Lipinski definition) is 2. The minimum Gasteiger partial charge on any atom is -0.440 e. The summed E-state index contributed by atoms with van der Waals surface area (Å²) < 4.78 is 5.28. The van der Waals surface area contributed by atoms with Crippen molar-refractivity contribution in [3.05, 3.63) is 34.9 Å². The van der Waals surface area contributed by atoms with Crippen LogP contribution in [0.2, 0.25) is 5.02 Å². The maximum absolute atomic E-state index is 11.7. The highest BCUT2D eigenvalue weighted by molar-refractivity contribution is 6.30. The number of nitrogens with two attached hydrogens (primary N) is 1. The minimum atomic E-state index is -0.494. The van der Waals surface area contributed by atoms with Gasteiger partial charge in [0, 0.05) is 17.1 Å². The van der Waals surface area contributed by atoms with Crippen LogP contribution in [0.1, 0.15) is 32.4 Å². The third-order valence-electron chi connectivity index (χ3n) is 2.16. The van der Waals surface area contributed by atoms with E-state index in [9.17, 15) is 4.79 Å². The van der Waals surface area contributed by atoms with Gasteiger partial charge in [-0.2, -0.15) is 0 Å². The zero-order valence-electron chi connectivity index (χ0n) is 10.9. The first-order chi connectivity index (χ1) is 8.31. The van der Waals surface area contributed by atoms with Crippen LogP contribution >= 0.6 is 11.6 Å². The molecule has 0 saturated heterocycles. The Morgan fingerprint density at radius 2 is 2.17 bits per heavy atom. The number of ether oxygens (including phenoxy) is 1. The summed E-state index contributed by atoms with van der Waals surface area (Å²) in [7, 11) is 0. The number of nitrogens with one attached hydrogen (secondary N) is 1.